The van der Waals surface area contributed by atoms with Gasteiger partial charge >= 0.3 is 0 Å². The van der Waals surface area contributed by atoms with Crippen LogP contribution in [0.15, 0.2) is 4.52 Å². The van der Waals surface area contributed by atoms with Gasteiger partial charge in [0.1, 0.15) is 6.04 Å². The van der Waals surface area contributed by atoms with Crippen molar-refractivity contribution in [3.8, 4) is 0 Å². The number of aryl methyl sites for hydroxylation is 1. The molecule has 0 radical (unpaired) electrons. The van der Waals surface area contributed by atoms with Crippen molar-refractivity contribution in [2.24, 2.45) is 5.92 Å². The first-order valence-corrected chi connectivity index (χ1v) is 7.50. The van der Waals surface area contributed by atoms with E-state index in [-0.39, 0.29) is 23.8 Å². The third kappa shape index (κ3) is 2.70. The number of carbonyl (C=O) groups excluding carboxylic acids is 2. The fourth-order valence-corrected chi connectivity index (χ4v) is 2.94. The summed E-state index contributed by atoms with van der Waals surface area (Å²) in [6.07, 6.45) is 0. The van der Waals surface area contributed by atoms with E-state index in [9.17, 15) is 9.59 Å². The minimum absolute atomic E-state index is 0.0293. The van der Waals surface area contributed by atoms with Gasteiger partial charge in [-0.15, -0.1) is 0 Å². The summed E-state index contributed by atoms with van der Waals surface area (Å²) in [5.74, 6) is 1.23. The van der Waals surface area contributed by atoms with E-state index in [0.717, 1.165) is 6.54 Å². The molecular formula is C14H21N5O3. The van der Waals surface area contributed by atoms with Gasteiger partial charge in [-0.1, -0.05) is 5.16 Å². The average molecular weight is 307 g/mol. The van der Waals surface area contributed by atoms with Gasteiger partial charge in [-0.25, -0.2) is 0 Å². The van der Waals surface area contributed by atoms with Gasteiger partial charge in [-0.2, -0.15) is 4.98 Å². The van der Waals surface area contributed by atoms with Gasteiger partial charge < -0.3 is 14.3 Å². The molecule has 3 rings (SSSR count). The summed E-state index contributed by atoms with van der Waals surface area (Å²) in [6, 6.07) is -0.0668. The maximum atomic E-state index is 12.5. The zero-order valence-electron chi connectivity index (χ0n) is 13.2. The summed E-state index contributed by atoms with van der Waals surface area (Å²) in [4.78, 5) is 33.7. The maximum Gasteiger partial charge on any atom is 0.245 e. The van der Waals surface area contributed by atoms with Crippen LogP contribution < -0.4 is 0 Å². The third-order valence-corrected chi connectivity index (χ3v) is 4.46. The topological polar surface area (TPSA) is 82.8 Å². The first-order valence-electron chi connectivity index (χ1n) is 7.50. The van der Waals surface area contributed by atoms with E-state index in [1.165, 1.54) is 6.92 Å². The van der Waals surface area contributed by atoms with Crippen molar-refractivity contribution >= 4 is 11.8 Å². The largest absolute Gasteiger partial charge is 0.341 e. The monoisotopic (exact) mass is 307 g/mol. The molecule has 1 aromatic rings. The minimum Gasteiger partial charge on any atom is -0.341 e. The number of rotatable bonds is 2. The number of aromatic nitrogens is 2. The van der Waals surface area contributed by atoms with Crippen LogP contribution >= 0.6 is 0 Å². The van der Waals surface area contributed by atoms with Crippen molar-refractivity contribution in [3.05, 3.63) is 11.7 Å². The molecule has 2 aliphatic rings. The third-order valence-electron chi connectivity index (χ3n) is 4.46. The predicted octanol–water partition coefficient (Wildman–Crippen LogP) is -0.329. The second-order valence-corrected chi connectivity index (χ2v) is 6.08. The molecule has 22 heavy (non-hydrogen) atoms. The molecule has 2 amide bonds. The molecule has 1 atom stereocenters. The van der Waals surface area contributed by atoms with E-state index >= 15 is 0 Å². The Kier molecular flexibility index (Phi) is 3.86. The first kappa shape index (κ1) is 15.0. The van der Waals surface area contributed by atoms with Crippen LogP contribution in [0.1, 0.15) is 24.7 Å². The molecule has 8 nitrogen and oxygen atoms in total. The Morgan fingerprint density at radius 3 is 2.50 bits per heavy atom. The van der Waals surface area contributed by atoms with E-state index in [0.29, 0.717) is 37.9 Å². The van der Waals surface area contributed by atoms with Crippen LogP contribution in [0.3, 0.4) is 0 Å². The summed E-state index contributed by atoms with van der Waals surface area (Å²) in [7, 11) is 1.99. The second-order valence-electron chi connectivity index (χ2n) is 6.08. The van der Waals surface area contributed by atoms with Crippen molar-refractivity contribution in [2.45, 2.75) is 19.9 Å². The fraction of sp³-hybridized carbons (Fsp3) is 0.714. The van der Waals surface area contributed by atoms with Crippen molar-refractivity contribution in [2.75, 3.05) is 39.8 Å². The van der Waals surface area contributed by atoms with Crippen LogP contribution in [-0.2, 0) is 9.59 Å². The van der Waals surface area contributed by atoms with E-state index in [1.54, 1.807) is 11.8 Å². The Morgan fingerprint density at radius 1 is 1.18 bits per heavy atom. The van der Waals surface area contributed by atoms with Gasteiger partial charge in [0.25, 0.3) is 0 Å². The number of nitrogens with zero attached hydrogens (tertiary/aromatic N) is 5. The van der Waals surface area contributed by atoms with E-state index < -0.39 is 0 Å². The molecule has 3 heterocycles. The van der Waals surface area contributed by atoms with Crippen molar-refractivity contribution in [3.63, 3.8) is 0 Å². The Labute approximate surface area is 129 Å². The second kappa shape index (κ2) is 5.68. The average Bonchev–Trinajstić information content (AvgIpc) is 2.83. The quantitative estimate of drug-likeness (QED) is 0.744. The summed E-state index contributed by atoms with van der Waals surface area (Å²) >= 11 is 0. The van der Waals surface area contributed by atoms with Crippen LogP contribution in [0.4, 0.5) is 0 Å². The number of amides is 2. The lowest BCUT2D eigenvalue weighted by molar-refractivity contribution is -0.149. The number of hydrogen-bond donors (Lipinski definition) is 0. The highest BCUT2D eigenvalue weighted by molar-refractivity contribution is 5.83. The first-order chi connectivity index (χ1) is 10.5. The molecule has 0 bridgehead atoms. The normalized spacial score (nSPS) is 23.5. The molecule has 0 N–H and O–H groups in total. The molecule has 0 saturated carbocycles. The number of piperazine rings is 1. The number of likely N-dealkylation sites (tertiary alicyclic amines) is 1. The molecule has 2 saturated heterocycles. The Morgan fingerprint density at radius 2 is 1.91 bits per heavy atom. The molecule has 2 aliphatic heterocycles. The van der Waals surface area contributed by atoms with Crippen LogP contribution in [0, 0.1) is 12.8 Å². The van der Waals surface area contributed by atoms with Gasteiger partial charge in [0.2, 0.25) is 17.7 Å². The standard InChI is InChI=1S/C14H21N5O3/c1-9-15-13(22-16-9)12-8-18(5-4-17(12)3)14(21)11-6-19(7-11)10(2)20/h11-12H,4-8H2,1-3H3/t12-/m1/s1. The Bertz CT molecular complexity index is 581. The van der Waals surface area contributed by atoms with Gasteiger partial charge in [0, 0.05) is 39.6 Å². The zero-order valence-corrected chi connectivity index (χ0v) is 13.2. The van der Waals surface area contributed by atoms with Crippen LogP contribution in [-0.4, -0.2) is 76.4 Å². The van der Waals surface area contributed by atoms with Crippen LogP contribution in [0.2, 0.25) is 0 Å². The van der Waals surface area contributed by atoms with Crippen LogP contribution in [0.25, 0.3) is 0 Å². The Balaban J connectivity index is 1.63. The predicted molar refractivity (Wildman–Crippen MR) is 76.7 cm³/mol. The molecule has 120 valence electrons. The highest BCUT2D eigenvalue weighted by atomic mass is 16.5. The van der Waals surface area contributed by atoms with E-state index in [4.69, 9.17) is 4.52 Å². The van der Waals surface area contributed by atoms with Crippen LogP contribution in [0.5, 0.6) is 0 Å². The molecule has 0 spiro atoms. The molecular weight excluding hydrogens is 286 g/mol. The number of carbonyl (C=O) groups is 2. The summed E-state index contributed by atoms with van der Waals surface area (Å²) in [5.41, 5.74) is 0. The molecule has 0 aromatic carbocycles. The lowest BCUT2D eigenvalue weighted by Gasteiger charge is -2.43. The zero-order chi connectivity index (χ0) is 15.9. The van der Waals surface area contributed by atoms with Crippen molar-refractivity contribution in [1.82, 2.24) is 24.8 Å². The van der Waals surface area contributed by atoms with E-state index in [1.807, 2.05) is 11.9 Å². The summed E-state index contributed by atoms with van der Waals surface area (Å²) in [6.45, 7) is 6.38. The molecule has 0 unspecified atom stereocenters. The fourth-order valence-electron chi connectivity index (χ4n) is 2.94. The maximum absolute atomic E-state index is 12.5. The minimum atomic E-state index is -0.0719. The summed E-state index contributed by atoms with van der Waals surface area (Å²) < 4.78 is 5.26. The van der Waals surface area contributed by atoms with Gasteiger partial charge in [-0.3, -0.25) is 14.5 Å². The van der Waals surface area contributed by atoms with Crippen molar-refractivity contribution in [1.29, 1.82) is 0 Å². The smallest absolute Gasteiger partial charge is 0.245 e. The van der Waals surface area contributed by atoms with Gasteiger partial charge in [0.05, 0.1) is 5.92 Å². The summed E-state index contributed by atoms with van der Waals surface area (Å²) in [5, 5.41) is 3.83. The highest BCUT2D eigenvalue weighted by Gasteiger charge is 2.39. The molecule has 8 heteroatoms. The van der Waals surface area contributed by atoms with Gasteiger partial charge in [-0.05, 0) is 14.0 Å². The lowest BCUT2D eigenvalue weighted by atomic mass is 9.97. The SMILES string of the molecule is CC(=O)N1CC(C(=O)N2CCN(C)[C@@H](c3nc(C)no3)C2)C1. The lowest BCUT2D eigenvalue weighted by Crippen LogP contribution is -2.58. The number of hydrogen-bond acceptors (Lipinski definition) is 6. The number of likely N-dealkylation sites (N-methyl/N-ethyl adjacent to an activating group) is 1. The van der Waals surface area contributed by atoms with Crippen molar-refractivity contribution < 1.29 is 14.1 Å². The molecule has 0 aliphatic carbocycles. The molecule has 1 aromatic heterocycles. The molecule has 2 fully saturated rings. The highest BCUT2D eigenvalue weighted by Crippen LogP contribution is 2.25. The Hall–Kier alpha value is -1.96. The van der Waals surface area contributed by atoms with E-state index in [2.05, 4.69) is 15.0 Å². The van der Waals surface area contributed by atoms with Gasteiger partial charge in [0.15, 0.2) is 5.82 Å².